The SMILES string of the molecule is CCOC(=O)CNC(=O)[C@H](c1ccc(OCC)cc1)N(C(=O)c1snc(C(N)=O)c1N)c1cccc(F)c1. The number of nitrogens with zero attached hydrogens (tertiary/aromatic N) is 2. The first-order chi connectivity index (χ1) is 18.2. The van der Waals surface area contributed by atoms with Crippen molar-refractivity contribution in [1.82, 2.24) is 9.69 Å². The van der Waals surface area contributed by atoms with Crippen LogP contribution in [-0.4, -0.2) is 47.8 Å². The number of aromatic nitrogens is 1. The molecule has 5 N–H and O–H groups in total. The standard InChI is InChI=1S/C25H26FN5O6S/c1-3-36-17-10-8-14(9-11-17)21(24(34)29-13-18(32)37-4-2)31(16-7-5-6-15(26)12-16)25(35)22-19(27)20(23(28)33)30-38-22/h5-12,21H,3-4,13,27H2,1-2H3,(H2,28,33)(H,29,34)/t21-/m0/s1. The Labute approximate surface area is 221 Å². The van der Waals surface area contributed by atoms with Crippen LogP contribution in [0.15, 0.2) is 48.5 Å². The Morgan fingerprint density at radius 2 is 1.82 bits per heavy atom. The summed E-state index contributed by atoms with van der Waals surface area (Å²) in [4.78, 5) is 51.9. The number of hydrogen-bond acceptors (Lipinski definition) is 9. The molecule has 0 saturated carbocycles. The highest BCUT2D eigenvalue weighted by atomic mass is 32.1. The Kier molecular flexibility index (Phi) is 9.33. The predicted octanol–water partition coefficient (Wildman–Crippen LogP) is 2.43. The molecule has 3 rings (SSSR count). The average molecular weight is 544 g/mol. The zero-order valence-electron chi connectivity index (χ0n) is 20.6. The molecular formula is C25H26FN5O6S. The van der Waals surface area contributed by atoms with Gasteiger partial charge in [-0.3, -0.25) is 24.1 Å². The van der Waals surface area contributed by atoms with Crippen molar-refractivity contribution in [3.63, 3.8) is 0 Å². The minimum atomic E-state index is -1.41. The molecule has 0 radical (unpaired) electrons. The van der Waals surface area contributed by atoms with Gasteiger partial charge in [0.2, 0.25) is 5.91 Å². The molecule has 0 bridgehead atoms. The Bertz CT molecular complexity index is 1330. The maximum atomic E-state index is 14.3. The molecule has 0 aliphatic rings. The summed E-state index contributed by atoms with van der Waals surface area (Å²) >= 11 is 0.611. The molecule has 0 fully saturated rings. The molecule has 38 heavy (non-hydrogen) atoms. The fourth-order valence-corrected chi connectivity index (χ4v) is 4.29. The predicted molar refractivity (Wildman–Crippen MR) is 138 cm³/mol. The number of nitrogens with two attached hydrogens (primary N) is 2. The highest BCUT2D eigenvalue weighted by Crippen LogP contribution is 2.34. The second-order valence-corrected chi connectivity index (χ2v) is 8.49. The fraction of sp³-hybridized carbons (Fsp3) is 0.240. The van der Waals surface area contributed by atoms with E-state index in [-0.39, 0.29) is 28.6 Å². The Morgan fingerprint density at radius 3 is 2.39 bits per heavy atom. The normalized spacial score (nSPS) is 11.3. The van der Waals surface area contributed by atoms with Crippen LogP contribution in [0.3, 0.4) is 0 Å². The fourth-order valence-electron chi connectivity index (χ4n) is 3.55. The van der Waals surface area contributed by atoms with Gasteiger partial charge in [0, 0.05) is 5.69 Å². The van der Waals surface area contributed by atoms with Crippen molar-refractivity contribution < 1.29 is 33.0 Å². The van der Waals surface area contributed by atoms with Crippen molar-refractivity contribution in [3.8, 4) is 5.75 Å². The summed E-state index contributed by atoms with van der Waals surface area (Å²) in [6.07, 6.45) is 0. The number of carbonyl (C=O) groups is 4. The van der Waals surface area contributed by atoms with Crippen molar-refractivity contribution in [1.29, 1.82) is 0 Å². The van der Waals surface area contributed by atoms with Gasteiger partial charge < -0.3 is 26.3 Å². The number of esters is 1. The number of nitrogens with one attached hydrogen (secondary N) is 1. The lowest BCUT2D eigenvalue weighted by Gasteiger charge is -2.31. The second kappa shape index (κ2) is 12.6. The largest absolute Gasteiger partial charge is 0.494 e. The van der Waals surface area contributed by atoms with E-state index in [9.17, 15) is 23.6 Å². The molecule has 13 heteroatoms. The van der Waals surface area contributed by atoms with Gasteiger partial charge in [0.05, 0.1) is 18.9 Å². The Hall–Kier alpha value is -4.52. The molecule has 1 aromatic heterocycles. The maximum Gasteiger partial charge on any atom is 0.325 e. The van der Waals surface area contributed by atoms with Gasteiger partial charge in [-0.25, -0.2) is 4.39 Å². The third-order valence-corrected chi connectivity index (χ3v) is 6.04. The van der Waals surface area contributed by atoms with Gasteiger partial charge in [-0.1, -0.05) is 18.2 Å². The number of nitrogen functional groups attached to an aromatic ring is 1. The Balaban J connectivity index is 2.15. The van der Waals surface area contributed by atoms with Gasteiger partial charge >= 0.3 is 5.97 Å². The number of ether oxygens (including phenoxy) is 2. The third-order valence-electron chi connectivity index (χ3n) is 5.19. The zero-order chi connectivity index (χ0) is 27.8. The summed E-state index contributed by atoms with van der Waals surface area (Å²) in [5, 5.41) is 2.46. The van der Waals surface area contributed by atoms with Gasteiger partial charge in [0.25, 0.3) is 11.8 Å². The number of rotatable bonds is 11. The summed E-state index contributed by atoms with van der Waals surface area (Å²) in [5.74, 6) is -3.39. The molecule has 200 valence electrons. The smallest absolute Gasteiger partial charge is 0.325 e. The summed E-state index contributed by atoms with van der Waals surface area (Å²) in [6.45, 7) is 3.47. The summed E-state index contributed by atoms with van der Waals surface area (Å²) < 4.78 is 28.5. The molecule has 0 unspecified atom stereocenters. The van der Waals surface area contributed by atoms with E-state index in [1.165, 1.54) is 18.2 Å². The maximum absolute atomic E-state index is 14.3. The number of halogens is 1. The molecule has 0 spiro atoms. The summed E-state index contributed by atoms with van der Waals surface area (Å²) in [6, 6.07) is 9.93. The highest BCUT2D eigenvalue weighted by molar-refractivity contribution is 7.09. The van der Waals surface area contributed by atoms with E-state index in [1.54, 1.807) is 31.2 Å². The lowest BCUT2D eigenvalue weighted by atomic mass is 10.0. The molecule has 0 aliphatic heterocycles. The van der Waals surface area contributed by atoms with Crippen molar-refractivity contribution >= 4 is 46.6 Å². The van der Waals surface area contributed by atoms with E-state index in [0.717, 1.165) is 11.0 Å². The van der Waals surface area contributed by atoms with Crippen molar-refractivity contribution in [2.75, 3.05) is 30.4 Å². The molecule has 1 atom stereocenters. The van der Waals surface area contributed by atoms with Gasteiger partial charge in [0.15, 0.2) is 5.69 Å². The Morgan fingerprint density at radius 1 is 1.11 bits per heavy atom. The van der Waals surface area contributed by atoms with Crippen LogP contribution in [-0.2, 0) is 14.3 Å². The molecule has 0 aliphatic carbocycles. The molecular weight excluding hydrogens is 517 g/mol. The van der Waals surface area contributed by atoms with Crippen LogP contribution in [0, 0.1) is 5.82 Å². The average Bonchev–Trinajstić information content (AvgIpc) is 3.28. The van der Waals surface area contributed by atoms with Crippen LogP contribution in [0.1, 0.15) is 45.6 Å². The molecule has 11 nitrogen and oxygen atoms in total. The van der Waals surface area contributed by atoms with Gasteiger partial charge in [-0.2, -0.15) is 4.37 Å². The van der Waals surface area contributed by atoms with E-state index in [2.05, 4.69) is 9.69 Å². The van der Waals surface area contributed by atoms with Crippen LogP contribution < -0.4 is 26.4 Å². The van der Waals surface area contributed by atoms with Crippen LogP contribution in [0.25, 0.3) is 0 Å². The van der Waals surface area contributed by atoms with Crippen molar-refractivity contribution in [3.05, 3.63) is 70.5 Å². The first-order valence-electron chi connectivity index (χ1n) is 11.5. The molecule has 0 saturated heterocycles. The molecule has 1 heterocycles. The number of amides is 3. The third kappa shape index (κ3) is 6.42. The first-order valence-corrected chi connectivity index (χ1v) is 12.2. The van der Waals surface area contributed by atoms with Crippen molar-refractivity contribution in [2.45, 2.75) is 19.9 Å². The van der Waals surface area contributed by atoms with Crippen LogP contribution in [0.2, 0.25) is 0 Å². The monoisotopic (exact) mass is 543 g/mol. The quantitative estimate of drug-likeness (QED) is 0.310. The number of carbonyl (C=O) groups excluding carboxylic acids is 4. The first kappa shape index (κ1) is 28.1. The van der Waals surface area contributed by atoms with E-state index < -0.39 is 42.1 Å². The summed E-state index contributed by atoms with van der Waals surface area (Å²) in [7, 11) is 0. The minimum Gasteiger partial charge on any atom is -0.494 e. The van der Waals surface area contributed by atoms with Gasteiger partial charge in [0.1, 0.15) is 29.0 Å². The minimum absolute atomic E-state index is 0.00796. The number of benzene rings is 2. The molecule has 3 aromatic rings. The lowest BCUT2D eigenvalue weighted by Crippen LogP contribution is -2.45. The molecule has 2 aromatic carbocycles. The van der Waals surface area contributed by atoms with E-state index in [0.29, 0.717) is 29.5 Å². The lowest BCUT2D eigenvalue weighted by molar-refractivity contribution is -0.143. The van der Waals surface area contributed by atoms with E-state index >= 15 is 0 Å². The van der Waals surface area contributed by atoms with E-state index in [1.807, 2.05) is 6.92 Å². The topological polar surface area (TPSA) is 167 Å². The second-order valence-electron chi connectivity index (χ2n) is 7.72. The van der Waals surface area contributed by atoms with Crippen LogP contribution >= 0.6 is 11.5 Å². The highest BCUT2D eigenvalue weighted by Gasteiger charge is 2.36. The number of primary amides is 1. The number of hydrogen-bond donors (Lipinski definition) is 3. The zero-order valence-corrected chi connectivity index (χ0v) is 21.4. The van der Waals surface area contributed by atoms with Crippen LogP contribution in [0.5, 0.6) is 5.75 Å². The van der Waals surface area contributed by atoms with Gasteiger partial charge in [-0.05, 0) is 61.3 Å². The summed E-state index contributed by atoms with van der Waals surface area (Å²) in [5.41, 5.74) is 11.0. The molecule has 3 amide bonds. The van der Waals surface area contributed by atoms with Gasteiger partial charge in [-0.15, -0.1) is 0 Å². The van der Waals surface area contributed by atoms with Crippen molar-refractivity contribution in [2.24, 2.45) is 5.73 Å². The van der Waals surface area contributed by atoms with Crippen LogP contribution in [0.4, 0.5) is 15.8 Å². The number of anilines is 2. The van der Waals surface area contributed by atoms with E-state index in [4.69, 9.17) is 20.9 Å².